The Labute approximate surface area is 114 Å². The van der Waals surface area contributed by atoms with Crippen LogP contribution in [0.25, 0.3) is 11.0 Å². The Balaban J connectivity index is 1.76. The van der Waals surface area contributed by atoms with E-state index >= 15 is 0 Å². The highest BCUT2D eigenvalue weighted by Crippen LogP contribution is 2.27. The van der Waals surface area contributed by atoms with Crippen molar-refractivity contribution in [2.45, 2.75) is 25.3 Å². The van der Waals surface area contributed by atoms with E-state index in [9.17, 15) is 0 Å². The fourth-order valence-corrected chi connectivity index (χ4v) is 3.04. The van der Waals surface area contributed by atoms with Crippen molar-refractivity contribution in [2.75, 3.05) is 20.1 Å². The number of fused-ring (bicyclic) bond motifs is 1. The van der Waals surface area contributed by atoms with Gasteiger partial charge in [0.25, 0.3) is 0 Å². The van der Waals surface area contributed by atoms with E-state index in [1.165, 1.54) is 37.9 Å². The van der Waals surface area contributed by atoms with Gasteiger partial charge in [-0.15, -0.1) is 0 Å². The summed E-state index contributed by atoms with van der Waals surface area (Å²) in [6, 6.07) is 6.97. The summed E-state index contributed by atoms with van der Waals surface area (Å²) in [6.45, 7) is 2.33. The Morgan fingerprint density at radius 2 is 2.21 bits per heavy atom. The van der Waals surface area contributed by atoms with Gasteiger partial charge in [-0.05, 0) is 63.0 Å². The minimum Gasteiger partial charge on any atom is -0.345 e. The van der Waals surface area contributed by atoms with Crippen molar-refractivity contribution in [3.8, 4) is 0 Å². The first-order valence-corrected chi connectivity index (χ1v) is 7.18. The molecule has 3 N–H and O–H groups in total. The molecule has 102 valence electrons. The van der Waals surface area contributed by atoms with Gasteiger partial charge in [-0.3, -0.25) is 0 Å². The van der Waals surface area contributed by atoms with Crippen LogP contribution in [0.15, 0.2) is 24.5 Å². The topological polar surface area (TPSA) is 52.7 Å². The number of imidazole rings is 1. The van der Waals surface area contributed by atoms with Gasteiger partial charge in [0, 0.05) is 6.04 Å². The van der Waals surface area contributed by atoms with Gasteiger partial charge in [0.05, 0.1) is 17.4 Å². The number of rotatable bonds is 4. The summed E-state index contributed by atoms with van der Waals surface area (Å²) in [7, 11) is 2.06. The number of piperidine rings is 1. The molecule has 1 saturated heterocycles. The number of aromatic amines is 1. The lowest BCUT2D eigenvalue weighted by Crippen LogP contribution is -2.30. The number of hydrogen-bond acceptors (Lipinski definition) is 3. The lowest BCUT2D eigenvalue weighted by atomic mass is 9.88. The maximum absolute atomic E-state index is 4.28. The van der Waals surface area contributed by atoms with Gasteiger partial charge < -0.3 is 15.6 Å². The van der Waals surface area contributed by atoms with Gasteiger partial charge in [-0.1, -0.05) is 6.07 Å². The summed E-state index contributed by atoms with van der Waals surface area (Å²) in [6.07, 6.45) is 5.57. The Hall–Kier alpha value is -1.39. The number of nitrogens with zero attached hydrogens (tertiary/aromatic N) is 1. The van der Waals surface area contributed by atoms with Crippen molar-refractivity contribution in [1.29, 1.82) is 0 Å². The molecule has 1 aliphatic rings. The predicted molar refractivity (Wildman–Crippen MR) is 78.1 cm³/mol. The predicted octanol–water partition coefficient (Wildman–Crippen LogP) is 2.21. The zero-order valence-electron chi connectivity index (χ0n) is 11.4. The van der Waals surface area contributed by atoms with Gasteiger partial charge in [0.2, 0.25) is 0 Å². The van der Waals surface area contributed by atoms with E-state index in [0.29, 0.717) is 6.04 Å². The smallest absolute Gasteiger partial charge is 0.0931 e. The van der Waals surface area contributed by atoms with Crippen LogP contribution in [0.1, 0.15) is 30.9 Å². The van der Waals surface area contributed by atoms with Crippen molar-refractivity contribution in [1.82, 2.24) is 20.6 Å². The Bertz CT molecular complexity index is 528. The van der Waals surface area contributed by atoms with Crippen molar-refractivity contribution in [3.05, 3.63) is 30.1 Å². The van der Waals surface area contributed by atoms with Crippen LogP contribution in [-0.2, 0) is 0 Å². The lowest BCUT2D eigenvalue weighted by Gasteiger charge is -2.27. The molecule has 1 aromatic heterocycles. The summed E-state index contributed by atoms with van der Waals surface area (Å²) >= 11 is 0. The highest BCUT2D eigenvalue weighted by molar-refractivity contribution is 5.75. The monoisotopic (exact) mass is 258 g/mol. The lowest BCUT2D eigenvalue weighted by molar-refractivity contribution is 0.318. The van der Waals surface area contributed by atoms with Gasteiger partial charge in [-0.25, -0.2) is 4.98 Å². The molecule has 1 fully saturated rings. The summed E-state index contributed by atoms with van der Waals surface area (Å²) in [5, 5.41) is 6.90. The van der Waals surface area contributed by atoms with E-state index < -0.39 is 0 Å². The van der Waals surface area contributed by atoms with Crippen LogP contribution in [-0.4, -0.2) is 30.1 Å². The van der Waals surface area contributed by atoms with E-state index in [2.05, 4.69) is 45.8 Å². The number of nitrogens with one attached hydrogen (secondary N) is 3. The molecule has 1 unspecified atom stereocenters. The van der Waals surface area contributed by atoms with Gasteiger partial charge in [0.1, 0.15) is 0 Å². The van der Waals surface area contributed by atoms with E-state index in [1.54, 1.807) is 6.33 Å². The quantitative estimate of drug-likeness (QED) is 0.788. The first-order chi connectivity index (χ1) is 9.36. The highest BCUT2D eigenvalue weighted by Gasteiger charge is 2.19. The van der Waals surface area contributed by atoms with Crippen LogP contribution >= 0.6 is 0 Å². The highest BCUT2D eigenvalue weighted by atomic mass is 14.9. The summed E-state index contributed by atoms with van der Waals surface area (Å²) < 4.78 is 0. The Morgan fingerprint density at radius 1 is 1.37 bits per heavy atom. The molecule has 0 radical (unpaired) electrons. The minimum absolute atomic E-state index is 0.441. The number of hydrogen-bond donors (Lipinski definition) is 3. The van der Waals surface area contributed by atoms with E-state index in [1.807, 2.05) is 0 Å². The number of H-pyrrole nitrogens is 1. The average molecular weight is 258 g/mol. The molecule has 0 aliphatic carbocycles. The van der Waals surface area contributed by atoms with E-state index in [-0.39, 0.29) is 0 Å². The van der Waals surface area contributed by atoms with Gasteiger partial charge in [-0.2, -0.15) is 0 Å². The Kier molecular flexibility index (Phi) is 3.80. The largest absolute Gasteiger partial charge is 0.345 e. The molecule has 4 heteroatoms. The second-order valence-electron chi connectivity index (χ2n) is 5.45. The fourth-order valence-electron chi connectivity index (χ4n) is 3.04. The molecular weight excluding hydrogens is 236 g/mol. The van der Waals surface area contributed by atoms with Gasteiger partial charge >= 0.3 is 0 Å². The number of aromatic nitrogens is 2. The molecule has 1 aliphatic heterocycles. The van der Waals surface area contributed by atoms with Crippen molar-refractivity contribution in [3.63, 3.8) is 0 Å². The van der Waals surface area contributed by atoms with Crippen LogP contribution in [0.4, 0.5) is 0 Å². The molecule has 19 heavy (non-hydrogen) atoms. The standard InChI is InChI=1S/C15H22N4/c1-16-14(8-11-4-6-17-7-5-11)12-2-3-13-15(9-12)19-10-18-13/h2-3,9-11,14,16-17H,4-8H2,1H3,(H,18,19). The van der Waals surface area contributed by atoms with E-state index in [4.69, 9.17) is 0 Å². The molecule has 4 nitrogen and oxygen atoms in total. The van der Waals surface area contributed by atoms with E-state index in [0.717, 1.165) is 17.0 Å². The molecule has 0 spiro atoms. The first kappa shape index (κ1) is 12.6. The SMILES string of the molecule is CNC(CC1CCNCC1)c1ccc2nc[nH]c2c1. The van der Waals surface area contributed by atoms with Crippen LogP contribution in [0, 0.1) is 5.92 Å². The molecule has 0 saturated carbocycles. The molecule has 1 aromatic carbocycles. The normalized spacial score (nSPS) is 18.8. The molecule has 2 aromatic rings. The van der Waals surface area contributed by atoms with Gasteiger partial charge in [0.15, 0.2) is 0 Å². The maximum Gasteiger partial charge on any atom is 0.0931 e. The summed E-state index contributed by atoms with van der Waals surface area (Å²) in [5.74, 6) is 0.830. The average Bonchev–Trinajstić information content (AvgIpc) is 2.93. The third-order valence-corrected chi connectivity index (χ3v) is 4.22. The summed E-state index contributed by atoms with van der Waals surface area (Å²) in [4.78, 5) is 7.47. The fraction of sp³-hybridized carbons (Fsp3) is 0.533. The molecule has 3 rings (SSSR count). The van der Waals surface area contributed by atoms with Crippen LogP contribution in [0.5, 0.6) is 0 Å². The minimum atomic E-state index is 0.441. The molecule has 2 heterocycles. The third-order valence-electron chi connectivity index (χ3n) is 4.22. The second-order valence-corrected chi connectivity index (χ2v) is 5.45. The zero-order chi connectivity index (χ0) is 13.1. The Morgan fingerprint density at radius 3 is 3.00 bits per heavy atom. The van der Waals surface area contributed by atoms with Crippen molar-refractivity contribution < 1.29 is 0 Å². The first-order valence-electron chi connectivity index (χ1n) is 7.18. The maximum atomic E-state index is 4.28. The van der Waals surface area contributed by atoms with Crippen LogP contribution < -0.4 is 10.6 Å². The second kappa shape index (κ2) is 5.72. The van der Waals surface area contributed by atoms with Crippen molar-refractivity contribution in [2.24, 2.45) is 5.92 Å². The summed E-state index contributed by atoms with van der Waals surface area (Å²) in [5.41, 5.74) is 3.53. The third kappa shape index (κ3) is 2.80. The molecule has 1 atom stereocenters. The van der Waals surface area contributed by atoms with Crippen molar-refractivity contribution >= 4 is 11.0 Å². The molecule has 0 amide bonds. The zero-order valence-corrected chi connectivity index (χ0v) is 11.4. The number of benzene rings is 1. The molecular formula is C15H22N4. The molecule has 0 bridgehead atoms. The van der Waals surface area contributed by atoms with Crippen LogP contribution in [0.3, 0.4) is 0 Å². The van der Waals surface area contributed by atoms with Crippen LogP contribution in [0.2, 0.25) is 0 Å².